The van der Waals surface area contributed by atoms with Gasteiger partial charge in [-0.1, -0.05) is 37.3 Å². The lowest BCUT2D eigenvalue weighted by molar-refractivity contribution is -0.142. The van der Waals surface area contributed by atoms with E-state index in [9.17, 15) is 9.59 Å². The monoisotopic (exact) mass is 460 g/mol. The Hall–Kier alpha value is -2.34. The first kappa shape index (κ1) is 22.9. The average Bonchev–Trinajstić information content (AvgIpc) is 2.71. The Morgan fingerprint density at radius 2 is 1.90 bits per heavy atom. The highest BCUT2D eigenvalue weighted by atomic mass is 79.9. The third-order valence-electron chi connectivity index (χ3n) is 4.88. The van der Waals surface area contributed by atoms with E-state index in [1.807, 2.05) is 56.3 Å². The van der Waals surface area contributed by atoms with Crippen molar-refractivity contribution in [3.05, 3.63) is 63.6 Å². The van der Waals surface area contributed by atoms with E-state index in [0.717, 1.165) is 22.0 Å². The number of benzene rings is 2. The third kappa shape index (κ3) is 6.32. The molecule has 0 spiro atoms. The number of carbonyl (C=O) groups is 2. The Kier molecular flexibility index (Phi) is 8.70. The zero-order valence-corrected chi connectivity index (χ0v) is 19.1. The van der Waals surface area contributed by atoms with E-state index in [1.165, 1.54) is 5.56 Å². The van der Waals surface area contributed by atoms with Crippen LogP contribution < -0.4 is 10.1 Å². The molecule has 0 saturated carbocycles. The molecule has 0 fully saturated rings. The van der Waals surface area contributed by atoms with Gasteiger partial charge in [-0.25, -0.2) is 0 Å². The standard InChI is InChI=1S/C23H29BrN2O3/c1-5-18-11-12-21(20(24)13-18)29-15-22(27)26(17(4)23(28)25-6-2)14-19-10-8-7-9-16(19)3/h7-13,17H,5-6,14-15H2,1-4H3,(H,25,28)/t17-/m0/s1. The zero-order valence-electron chi connectivity index (χ0n) is 17.5. The Balaban J connectivity index is 2.17. The Labute approximate surface area is 181 Å². The number of likely N-dealkylation sites (N-methyl/N-ethyl adjacent to an activating group) is 1. The summed E-state index contributed by atoms with van der Waals surface area (Å²) in [4.78, 5) is 27.0. The van der Waals surface area contributed by atoms with E-state index < -0.39 is 6.04 Å². The molecule has 5 nitrogen and oxygen atoms in total. The lowest BCUT2D eigenvalue weighted by Crippen LogP contribution is -2.49. The van der Waals surface area contributed by atoms with Gasteiger partial charge in [0, 0.05) is 13.1 Å². The van der Waals surface area contributed by atoms with Crippen molar-refractivity contribution < 1.29 is 14.3 Å². The Morgan fingerprint density at radius 1 is 1.17 bits per heavy atom. The molecule has 0 radical (unpaired) electrons. The fraction of sp³-hybridized carbons (Fsp3) is 0.391. The highest BCUT2D eigenvalue weighted by molar-refractivity contribution is 9.10. The van der Waals surface area contributed by atoms with Crippen LogP contribution in [0.3, 0.4) is 0 Å². The molecule has 1 N–H and O–H groups in total. The van der Waals surface area contributed by atoms with Gasteiger partial charge in [-0.15, -0.1) is 0 Å². The van der Waals surface area contributed by atoms with Crippen LogP contribution in [-0.2, 0) is 22.6 Å². The third-order valence-corrected chi connectivity index (χ3v) is 5.50. The molecule has 156 valence electrons. The molecule has 0 bridgehead atoms. The minimum Gasteiger partial charge on any atom is -0.483 e. The minimum absolute atomic E-state index is 0.139. The summed E-state index contributed by atoms with van der Waals surface area (Å²) in [6.07, 6.45) is 0.923. The van der Waals surface area contributed by atoms with Crippen LogP contribution in [0, 0.1) is 6.92 Å². The maximum atomic E-state index is 13.0. The highest BCUT2D eigenvalue weighted by Gasteiger charge is 2.26. The first-order chi connectivity index (χ1) is 13.9. The molecule has 0 aliphatic carbocycles. The number of amides is 2. The van der Waals surface area contributed by atoms with Gasteiger partial charge in [0.15, 0.2) is 6.61 Å². The molecule has 0 aliphatic heterocycles. The van der Waals surface area contributed by atoms with E-state index in [4.69, 9.17) is 4.74 Å². The number of halogens is 1. The number of hydrogen-bond acceptors (Lipinski definition) is 3. The van der Waals surface area contributed by atoms with Gasteiger partial charge < -0.3 is 15.0 Å². The molecule has 0 unspecified atom stereocenters. The number of ether oxygens (including phenoxy) is 1. The van der Waals surface area contributed by atoms with Crippen molar-refractivity contribution in [1.29, 1.82) is 0 Å². The van der Waals surface area contributed by atoms with Gasteiger partial charge >= 0.3 is 0 Å². The van der Waals surface area contributed by atoms with Gasteiger partial charge in [-0.2, -0.15) is 0 Å². The Morgan fingerprint density at radius 3 is 2.52 bits per heavy atom. The average molecular weight is 461 g/mol. The summed E-state index contributed by atoms with van der Waals surface area (Å²) in [6, 6.07) is 13.1. The molecule has 29 heavy (non-hydrogen) atoms. The van der Waals surface area contributed by atoms with Crippen LogP contribution >= 0.6 is 15.9 Å². The predicted molar refractivity (Wildman–Crippen MR) is 119 cm³/mol. The predicted octanol–water partition coefficient (Wildman–Crippen LogP) is 4.25. The van der Waals surface area contributed by atoms with Gasteiger partial charge in [0.05, 0.1) is 4.47 Å². The van der Waals surface area contributed by atoms with Crippen molar-refractivity contribution in [1.82, 2.24) is 10.2 Å². The Bertz CT molecular complexity index is 854. The first-order valence-electron chi connectivity index (χ1n) is 9.90. The van der Waals surface area contributed by atoms with Gasteiger partial charge in [0.25, 0.3) is 5.91 Å². The van der Waals surface area contributed by atoms with Crippen molar-refractivity contribution in [3.8, 4) is 5.75 Å². The fourth-order valence-corrected chi connectivity index (χ4v) is 3.52. The summed E-state index contributed by atoms with van der Waals surface area (Å²) in [5, 5.41) is 2.80. The summed E-state index contributed by atoms with van der Waals surface area (Å²) in [5.74, 6) is 0.193. The first-order valence-corrected chi connectivity index (χ1v) is 10.7. The molecule has 2 amide bonds. The van der Waals surface area contributed by atoms with Crippen LogP contribution in [0.1, 0.15) is 37.5 Å². The lowest BCUT2D eigenvalue weighted by Gasteiger charge is -2.29. The van der Waals surface area contributed by atoms with Crippen LogP contribution in [0.5, 0.6) is 5.75 Å². The van der Waals surface area contributed by atoms with Crippen molar-refractivity contribution in [3.63, 3.8) is 0 Å². The van der Waals surface area contributed by atoms with Gasteiger partial charge in [-0.3, -0.25) is 9.59 Å². The maximum Gasteiger partial charge on any atom is 0.261 e. The lowest BCUT2D eigenvalue weighted by atomic mass is 10.1. The number of nitrogens with one attached hydrogen (secondary N) is 1. The molecular formula is C23H29BrN2O3. The summed E-state index contributed by atoms with van der Waals surface area (Å²) >= 11 is 3.50. The van der Waals surface area contributed by atoms with E-state index in [2.05, 4.69) is 28.2 Å². The van der Waals surface area contributed by atoms with Gasteiger partial charge in [-0.05, 0) is 71.9 Å². The fourth-order valence-electron chi connectivity index (χ4n) is 2.98. The molecule has 2 rings (SSSR count). The molecule has 0 heterocycles. The topological polar surface area (TPSA) is 58.6 Å². The molecule has 2 aromatic carbocycles. The highest BCUT2D eigenvalue weighted by Crippen LogP contribution is 2.26. The van der Waals surface area contributed by atoms with Crippen LogP contribution in [0.2, 0.25) is 0 Å². The van der Waals surface area contributed by atoms with E-state index in [-0.39, 0.29) is 18.4 Å². The largest absolute Gasteiger partial charge is 0.483 e. The molecule has 6 heteroatoms. The van der Waals surface area contributed by atoms with Crippen LogP contribution in [0.15, 0.2) is 46.9 Å². The second-order valence-corrected chi connectivity index (χ2v) is 7.78. The molecular weight excluding hydrogens is 432 g/mol. The summed E-state index contributed by atoms with van der Waals surface area (Å²) in [6.45, 7) is 8.41. The van der Waals surface area contributed by atoms with Crippen LogP contribution in [0.25, 0.3) is 0 Å². The second-order valence-electron chi connectivity index (χ2n) is 6.93. The summed E-state index contributed by atoms with van der Waals surface area (Å²) in [7, 11) is 0. The van der Waals surface area contributed by atoms with Crippen LogP contribution in [-0.4, -0.2) is 35.9 Å². The van der Waals surface area contributed by atoms with Crippen molar-refractivity contribution in [2.75, 3.05) is 13.2 Å². The van der Waals surface area contributed by atoms with E-state index >= 15 is 0 Å². The van der Waals surface area contributed by atoms with Crippen molar-refractivity contribution in [2.45, 2.75) is 46.7 Å². The number of rotatable bonds is 9. The quantitative estimate of drug-likeness (QED) is 0.608. The molecule has 0 aromatic heterocycles. The molecule has 2 aromatic rings. The van der Waals surface area contributed by atoms with Gasteiger partial charge in [0.2, 0.25) is 5.91 Å². The van der Waals surface area contributed by atoms with Gasteiger partial charge in [0.1, 0.15) is 11.8 Å². The summed E-state index contributed by atoms with van der Waals surface area (Å²) in [5.41, 5.74) is 3.26. The normalized spacial score (nSPS) is 11.6. The zero-order chi connectivity index (χ0) is 21.4. The maximum absolute atomic E-state index is 13.0. The molecule has 1 atom stereocenters. The number of carbonyl (C=O) groups excluding carboxylic acids is 2. The number of aryl methyl sites for hydroxylation is 2. The van der Waals surface area contributed by atoms with E-state index in [0.29, 0.717) is 18.8 Å². The second kappa shape index (κ2) is 11.0. The smallest absolute Gasteiger partial charge is 0.261 e. The van der Waals surface area contributed by atoms with Crippen molar-refractivity contribution in [2.24, 2.45) is 0 Å². The van der Waals surface area contributed by atoms with Crippen LogP contribution in [0.4, 0.5) is 0 Å². The van der Waals surface area contributed by atoms with Crippen molar-refractivity contribution >= 4 is 27.7 Å². The minimum atomic E-state index is -0.600. The molecule has 0 saturated heterocycles. The van der Waals surface area contributed by atoms with E-state index in [1.54, 1.807) is 11.8 Å². The number of hydrogen-bond donors (Lipinski definition) is 1. The molecule has 0 aliphatic rings. The number of nitrogens with zero attached hydrogens (tertiary/aromatic N) is 1. The SMILES string of the molecule is CCNC(=O)[C@H](C)N(Cc1ccccc1C)C(=O)COc1ccc(CC)cc1Br. The summed E-state index contributed by atoms with van der Waals surface area (Å²) < 4.78 is 6.58.